The molecule has 0 radical (unpaired) electrons. The van der Waals surface area contributed by atoms with Gasteiger partial charge in [-0.05, 0) is 17.7 Å². The van der Waals surface area contributed by atoms with E-state index in [9.17, 15) is 14.3 Å². The number of nitrogens with zero attached hydrogens (tertiary/aromatic N) is 1. The van der Waals surface area contributed by atoms with Gasteiger partial charge in [-0.15, -0.1) is 11.3 Å². The van der Waals surface area contributed by atoms with Crippen LogP contribution >= 0.6 is 11.3 Å². The number of aliphatic hydroxyl groups is 1. The van der Waals surface area contributed by atoms with Crippen molar-refractivity contribution < 1.29 is 14.3 Å². The quantitative estimate of drug-likeness (QED) is 0.876. The van der Waals surface area contributed by atoms with Crippen molar-refractivity contribution in [3.05, 3.63) is 52.2 Å². The van der Waals surface area contributed by atoms with Crippen molar-refractivity contribution in [2.45, 2.75) is 12.5 Å². The summed E-state index contributed by atoms with van der Waals surface area (Å²) in [6, 6.07) is 5.37. The molecule has 1 unspecified atom stereocenters. The summed E-state index contributed by atoms with van der Waals surface area (Å²) in [7, 11) is 0. The molecule has 0 fully saturated rings. The van der Waals surface area contributed by atoms with Gasteiger partial charge in [-0.2, -0.15) is 0 Å². The van der Waals surface area contributed by atoms with E-state index in [4.69, 9.17) is 0 Å². The Bertz CT molecular complexity index is 545. The van der Waals surface area contributed by atoms with E-state index < -0.39 is 17.8 Å². The molecule has 19 heavy (non-hydrogen) atoms. The molecule has 1 aromatic carbocycles. The first-order valence-corrected chi connectivity index (χ1v) is 6.69. The topological polar surface area (TPSA) is 62.2 Å². The molecule has 100 valence electrons. The van der Waals surface area contributed by atoms with Gasteiger partial charge in [0, 0.05) is 18.3 Å². The first-order chi connectivity index (χ1) is 9.16. The van der Waals surface area contributed by atoms with Crippen LogP contribution in [-0.4, -0.2) is 22.5 Å². The predicted molar refractivity (Wildman–Crippen MR) is 70.2 cm³/mol. The number of rotatable bonds is 5. The molecule has 2 N–H and O–H groups in total. The minimum atomic E-state index is -1.36. The van der Waals surface area contributed by atoms with Crippen LogP contribution in [0, 0.1) is 5.82 Å². The zero-order valence-electron chi connectivity index (χ0n) is 10.0. The number of nitrogens with one attached hydrogen (secondary N) is 1. The molecule has 0 aliphatic heterocycles. The lowest BCUT2D eigenvalue weighted by Crippen LogP contribution is -2.31. The van der Waals surface area contributed by atoms with Crippen LogP contribution in [0.5, 0.6) is 0 Å². The maximum atomic E-state index is 13.0. The fourth-order valence-corrected chi connectivity index (χ4v) is 2.19. The lowest BCUT2D eigenvalue weighted by molar-refractivity contribution is -0.129. The molecule has 4 nitrogen and oxygen atoms in total. The second-order valence-electron chi connectivity index (χ2n) is 3.98. The van der Waals surface area contributed by atoms with Crippen molar-refractivity contribution in [3.63, 3.8) is 0 Å². The second kappa shape index (κ2) is 6.40. The van der Waals surface area contributed by atoms with Crippen LogP contribution in [-0.2, 0) is 11.2 Å². The summed E-state index contributed by atoms with van der Waals surface area (Å²) in [6.07, 6.45) is -0.753. The van der Waals surface area contributed by atoms with E-state index in [2.05, 4.69) is 10.3 Å². The summed E-state index contributed by atoms with van der Waals surface area (Å²) in [6.45, 7) is 0.384. The van der Waals surface area contributed by atoms with Gasteiger partial charge in [0.25, 0.3) is 5.91 Å². The van der Waals surface area contributed by atoms with Gasteiger partial charge >= 0.3 is 0 Å². The van der Waals surface area contributed by atoms with E-state index in [0.29, 0.717) is 13.0 Å². The first kappa shape index (κ1) is 13.6. The fourth-order valence-electron chi connectivity index (χ4n) is 1.60. The number of carbonyl (C=O) groups is 1. The lowest BCUT2D eigenvalue weighted by Gasteiger charge is -2.11. The molecule has 2 rings (SSSR count). The van der Waals surface area contributed by atoms with Gasteiger partial charge in [-0.3, -0.25) is 4.79 Å². The molecule has 0 aliphatic rings. The van der Waals surface area contributed by atoms with E-state index in [-0.39, 0.29) is 5.56 Å². The Morgan fingerprint density at radius 2 is 2.37 bits per heavy atom. The summed E-state index contributed by atoms with van der Waals surface area (Å²) in [4.78, 5) is 15.8. The van der Waals surface area contributed by atoms with Gasteiger partial charge in [-0.1, -0.05) is 12.1 Å². The molecule has 1 aromatic heterocycles. The molecule has 0 aliphatic carbocycles. The normalized spacial score (nSPS) is 12.1. The fraction of sp³-hybridized carbons (Fsp3) is 0.231. The number of aliphatic hydroxyl groups excluding tert-OH is 1. The maximum Gasteiger partial charge on any atom is 0.253 e. The largest absolute Gasteiger partial charge is 0.378 e. The third-order valence-electron chi connectivity index (χ3n) is 2.58. The van der Waals surface area contributed by atoms with Crippen LogP contribution < -0.4 is 5.32 Å². The Balaban J connectivity index is 1.85. The van der Waals surface area contributed by atoms with Gasteiger partial charge in [0.2, 0.25) is 0 Å². The molecule has 0 bridgehead atoms. The molecule has 0 saturated heterocycles. The van der Waals surface area contributed by atoms with Crippen molar-refractivity contribution >= 4 is 17.2 Å². The molecule has 6 heteroatoms. The molecule has 0 spiro atoms. The number of benzene rings is 1. The first-order valence-electron chi connectivity index (χ1n) is 5.75. The van der Waals surface area contributed by atoms with E-state index >= 15 is 0 Å². The Morgan fingerprint density at radius 3 is 3.05 bits per heavy atom. The van der Waals surface area contributed by atoms with Crippen molar-refractivity contribution in [1.82, 2.24) is 10.3 Å². The Hall–Kier alpha value is -1.79. The summed E-state index contributed by atoms with van der Waals surface area (Å²) in [5, 5.41) is 14.3. The standard InChI is InChI=1S/C13H13FN2O2S/c14-10-3-1-2-9(6-10)12(17)13(18)15-5-4-11-7-19-8-16-11/h1-3,6-8,12,17H,4-5H2,(H,15,18). The monoisotopic (exact) mass is 280 g/mol. The van der Waals surface area contributed by atoms with Gasteiger partial charge in [-0.25, -0.2) is 9.37 Å². The minimum Gasteiger partial charge on any atom is -0.378 e. The summed E-state index contributed by atoms with van der Waals surface area (Å²) >= 11 is 1.49. The van der Waals surface area contributed by atoms with E-state index in [0.717, 1.165) is 11.8 Å². The third-order valence-corrected chi connectivity index (χ3v) is 3.21. The Labute approximate surface area is 113 Å². The zero-order chi connectivity index (χ0) is 13.7. The third kappa shape index (κ3) is 3.84. The highest BCUT2D eigenvalue weighted by Crippen LogP contribution is 2.14. The van der Waals surface area contributed by atoms with Crippen LogP contribution in [0.3, 0.4) is 0 Å². The summed E-state index contributed by atoms with van der Waals surface area (Å²) in [5.41, 5.74) is 2.86. The predicted octanol–water partition coefficient (Wildman–Crippen LogP) is 1.67. The number of hydrogen-bond donors (Lipinski definition) is 2. The van der Waals surface area contributed by atoms with Crippen LogP contribution in [0.15, 0.2) is 35.2 Å². The van der Waals surface area contributed by atoms with Crippen LogP contribution in [0.4, 0.5) is 4.39 Å². The van der Waals surface area contributed by atoms with Crippen molar-refractivity contribution in [3.8, 4) is 0 Å². The molecular formula is C13H13FN2O2S. The SMILES string of the molecule is O=C(NCCc1cscn1)C(O)c1cccc(F)c1. The molecule has 1 amide bonds. The minimum absolute atomic E-state index is 0.242. The molecule has 2 aromatic rings. The van der Waals surface area contributed by atoms with Crippen LogP contribution in [0.1, 0.15) is 17.4 Å². The van der Waals surface area contributed by atoms with E-state index in [1.165, 1.54) is 29.5 Å². The highest BCUT2D eigenvalue weighted by atomic mass is 32.1. The van der Waals surface area contributed by atoms with Crippen molar-refractivity contribution in [2.75, 3.05) is 6.54 Å². The van der Waals surface area contributed by atoms with E-state index in [1.807, 2.05) is 5.38 Å². The molecular weight excluding hydrogens is 267 g/mol. The van der Waals surface area contributed by atoms with Crippen molar-refractivity contribution in [1.29, 1.82) is 0 Å². The summed E-state index contributed by atoms with van der Waals surface area (Å²) in [5.74, 6) is -1.02. The smallest absolute Gasteiger partial charge is 0.253 e. The molecule has 1 atom stereocenters. The highest BCUT2D eigenvalue weighted by molar-refractivity contribution is 7.07. The highest BCUT2D eigenvalue weighted by Gasteiger charge is 2.17. The number of hydrogen-bond acceptors (Lipinski definition) is 4. The zero-order valence-corrected chi connectivity index (χ0v) is 10.9. The summed E-state index contributed by atoms with van der Waals surface area (Å²) < 4.78 is 13.0. The van der Waals surface area contributed by atoms with Crippen molar-refractivity contribution in [2.24, 2.45) is 0 Å². The average molecular weight is 280 g/mol. The van der Waals surface area contributed by atoms with Crippen LogP contribution in [0.25, 0.3) is 0 Å². The number of carbonyl (C=O) groups excluding carboxylic acids is 1. The average Bonchev–Trinajstić information content (AvgIpc) is 2.91. The Kier molecular flexibility index (Phi) is 4.59. The number of amides is 1. The van der Waals surface area contributed by atoms with Gasteiger partial charge in [0.05, 0.1) is 11.2 Å². The molecule has 0 saturated carbocycles. The van der Waals surface area contributed by atoms with Gasteiger partial charge in [0.15, 0.2) is 6.10 Å². The second-order valence-corrected chi connectivity index (χ2v) is 4.70. The maximum absolute atomic E-state index is 13.0. The lowest BCUT2D eigenvalue weighted by atomic mass is 10.1. The molecule has 1 heterocycles. The Morgan fingerprint density at radius 1 is 1.53 bits per heavy atom. The number of aromatic nitrogens is 1. The number of thiazole rings is 1. The van der Waals surface area contributed by atoms with Gasteiger partial charge < -0.3 is 10.4 Å². The van der Waals surface area contributed by atoms with Crippen LogP contribution in [0.2, 0.25) is 0 Å². The van der Waals surface area contributed by atoms with Gasteiger partial charge in [0.1, 0.15) is 5.82 Å². The van der Waals surface area contributed by atoms with E-state index in [1.54, 1.807) is 5.51 Å². The number of halogens is 1.